The molecule has 1 N–H and O–H groups in total. The van der Waals surface area contributed by atoms with Gasteiger partial charge in [-0.3, -0.25) is 4.79 Å². The quantitative estimate of drug-likeness (QED) is 0.405. The minimum Gasteiger partial charge on any atom is -0.493 e. The second-order valence-electron chi connectivity index (χ2n) is 9.40. The Bertz CT molecular complexity index is 1220. The molecule has 0 spiro atoms. The number of carbonyl (C=O) groups excluding carboxylic acids is 1. The van der Waals surface area contributed by atoms with Crippen LogP contribution in [0.3, 0.4) is 0 Å². The van der Waals surface area contributed by atoms with Crippen LogP contribution in [0.15, 0.2) is 36.8 Å². The third kappa shape index (κ3) is 6.45. The Morgan fingerprint density at radius 2 is 1.81 bits per heavy atom. The highest BCUT2D eigenvalue weighted by Crippen LogP contribution is 2.41. The second-order valence-corrected chi connectivity index (χ2v) is 10.5. The second kappa shape index (κ2) is 11.1. The summed E-state index contributed by atoms with van der Waals surface area (Å²) in [5.74, 6) is -0.0699. The number of amides is 1. The van der Waals surface area contributed by atoms with Crippen molar-refractivity contribution < 1.29 is 27.4 Å². The molecule has 37 heavy (non-hydrogen) atoms. The first-order chi connectivity index (χ1) is 17.8. The SMILES string of the molecule is O=C(NCc1cnc(C(F)(F)F)nc1)c1cc(OCC2CCOCC2)cc(-c2ncc(C3CCC3)s2)c1. The van der Waals surface area contributed by atoms with Gasteiger partial charge in [0.25, 0.3) is 5.91 Å². The normalized spacial score (nSPS) is 16.8. The third-order valence-electron chi connectivity index (χ3n) is 6.69. The molecule has 3 aromatic rings. The number of nitrogens with one attached hydrogen (secondary N) is 1. The predicted molar refractivity (Wildman–Crippen MR) is 131 cm³/mol. The van der Waals surface area contributed by atoms with Crippen molar-refractivity contribution in [2.75, 3.05) is 19.8 Å². The highest BCUT2D eigenvalue weighted by molar-refractivity contribution is 7.15. The lowest BCUT2D eigenvalue weighted by molar-refractivity contribution is -0.145. The van der Waals surface area contributed by atoms with E-state index in [1.54, 1.807) is 23.5 Å². The zero-order valence-electron chi connectivity index (χ0n) is 20.1. The van der Waals surface area contributed by atoms with Crippen molar-refractivity contribution in [3.63, 3.8) is 0 Å². The van der Waals surface area contributed by atoms with Crippen molar-refractivity contribution in [1.29, 1.82) is 0 Å². The van der Waals surface area contributed by atoms with E-state index in [9.17, 15) is 18.0 Å². The van der Waals surface area contributed by atoms with Crippen molar-refractivity contribution >= 4 is 17.2 Å². The molecule has 1 saturated carbocycles. The number of halogens is 3. The molecule has 1 amide bonds. The molecule has 0 unspecified atom stereocenters. The zero-order chi connectivity index (χ0) is 25.8. The van der Waals surface area contributed by atoms with Crippen molar-refractivity contribution in [2.24, 2.45) is 5.92 Å². The summed E-state index contributed by atoms with van der Waals surface area (Å²) in [6, 6.07) is 5.36. The van der Waals surface area contributed by atoms with E-state index in [1.807, 2.05) is 12.3 Å². The van der Waals surface area contributed by atoms with Crippen LogP contribution in [-0.2, 0) is 17.5 Å². The number of nitrogens with zero attached hydrogens (tertiary/aromatic N) is 3. The molecule has 2 aliphatic rings. The number of rotatable bonds is 8. The number of alkyl halides is 3. The minimum absolute atomic E-state index is 0.0114. The van der Waals surface area contributed by atoms with Crippen LogP contribution >= 0.6 is 11.3 Å². The van der Waals surface area contributed by atoms with E-state index in [4.69, 9.17) is 9.47 Å². The Labute approximate surface area is 216 Å². The van der Waals surface area contributed by atoms with Gasteiger partial charge in [-0.2, -0.15) is 13.2 Å². The lowest BCUT2D eigenvalue weighted by Gasteiger charge is -2.23. The van der Waals surface area contributed by atoms with Gasteiger partial charge in [-0.15, -0.1) is 11.3 Å². The van der Waals surface area contributed by atoms with Crippen molar-refractivity contribution in [3.05, 3.63) is 58.6 Å². The van der Waals surface area contributed by atoms with Gasteiger partial charge >= 0.3 is 6.18 Å². The molecule has 2 aromatic heterocycles. The highest BCUT2D eigenvalue weighted by atomic mass is 32.1. The first-order valence-corrected chi connectivity index (χ1v) is 13.1. The number of carbonyl (C=O) groups is 1. The Morgan fingerprint density at radius 3 is 2.49 bits per heavy atom. The van der Waals surface area contributed by atoms with Gasteiger partial charge in [0.05, 0.1) is 6.61 Å². The minimum atomic E-state index is -4.61. The Balaban J connectivity index is 1.32. The molecular formula is C26H27F3N4O3S. The van der Waals surface area contributed by atoms with E-state index in [2.05, 4.69) is 20.3 Å². The average molecular weight is 533 g/mol. The molecule has 1 aliphatic heterocycles. The summed E-state index contributed by atoms with van der Waals surface area (Å²) in [5.41, 5.74) is 1.54. The fraction of sp³-hybridized carbons (Fsp3) is 0.462. The van der Waals surface area contributed by atoms with Gasteiger partial charge in [0, 0.05) is 59.9 Å². The topological polar surface area (TPSA) is 86.2 Å². The van der Waals surface area contributed by atoms with Crippen LogP contribution in [0.4, 0.5) is 13.2 Å². The van der Waals surface area contributed by atoms with Gasteiger partial charge < -0.3 is 14.8 Å². The highest BCUT2D eigenvalue weighted by Gasteiger charge is 2.34. The van der Waals surface area contributed by atoms with Crippen LogP contribution < -0.4 is 10.1 Å². The molecule has 0 atom stereocenters. The van der Waals surface area contributed by atoms with Gasteiger partial charge in [-0.25, -0.2) is 15.0 Å². The van der Waals surface area contributed by atoms with Gasteiger partial charge in [0.1, 0.15) is 10.8 Å². The lowest BCUT2D eigenvalue weighted by atomic mass is 9.85. The summed E-state index contributed by atoms with van der Waals surface area (Å²) in [4.78, 5) is 25.6. The molecule has 5 rings (SSSR count). The van der Waals surface area contributed by atoms with Crippen LogP contribution in [0.25, 0.3) is 10.6 Å². The Hall–Kier alpha value is -3.05. The lowest BCUT2D eigenvalue weighted by Crippen LogP contribution is -2.24. The maximum atomic E-state index is 13.0. The molecule has 0 bridgehead atoms. The fourth-order valence-electron chi connectivity index (χ4n) is 4.24. The maximum absolute atomic E-state index is 13.0. The number of ether oxygens (including phenoxy) is 2. The summed E-state index contributed by atoms with van der Waals surface area (Å²) in [6.45, 7) is 1.96. The van der Waals surface area contributed by atoms with Gasteiger partial charge in [-0.05, 0) is 55.7 Å². The number of benzene rings is 1. The van der Waals surface area contributed by atoms with Crippen LogP contribution in [0.5, 0.6) is 5.75 Å². The summed E-state index contributed by atoms with van der Waals surface area (Å²) < 4.78 is 49.6. The standard InChI is InChI=1S/C26H27F3N4O3S/c27-26(28,29)25-32-12-17(13-33-25)11-30-23(34)19-8-20(24-31-14-22(37-24)18-2-1-3-18)10-21(9-19)36-15-16-4-6-35-7-5-16/h8-10,12-14,16,18H,1-7,11,15H2,(H,30,34). The van der Waals surface area contributed by atoms with Gasteiger partial charge in [-0.1, -0.05) is 6.42 Å². The van der Waals surface area contributed by atoms with Crippen LogP contribution in [0.2, 0.25) is 0 Å². The molecule has 0 radical (unpaired) electrons. The fourth-order valence-corrected chi connectivity index (χ4v) is 5.31. The number of hydrogen-bond acceptors (Lipinski definition) is 7. The largest absolute Gasteiger partial charge is 0.493 e. The summed E-state index contributed by atoms with van der Waals surface area (Å²) in [7, 11) is 0. The van der Waals surface area contributed by atoms with E-state index in [1.165, 1.54) is 24.1 Å². The number of hydrogen-bond donors (Lipinski definition) is 1. The first-order valence-electron chi connectivity index (χ1n) is 12.3. The monoisotopic (exact) mass is 532 g/mol. The molecule has 2 fully saturated rings. The van der Waals surface area contributed by atoms with E-state index in [0.717, 1.165) is 49.0 Å². The van der Waals surface area contributed by atoms with E-state index < -0.39 is 12.0 Å². The molecule has 1 aromatic carbocycles. The van der Waals surface area contributed by atoms with Crippen molar-refractivity contribution in [3.8, 4) is 16.3 Å². The summed E-state index contributed by atoms with van der Waals surface area (Å²) in [6.07, 6.45) is 4.88. The van der Waals surface area contributed by atoms with E-state index >= 15 is 0 Å². The van der Waals surface area contributed by atoms with Gasteiger partial charge in [0.2, 0.25) is 5.82 Å². The predicted octanol–water partition coefficient (Wildman–Crippen LogP) is 5.62. The first kappa shape index (κ1) is 25.6. The maximum Gasteiger partial charge on any atom is 0.451 e. The Morgan fingerprint density at radius 1 is 1.05 bits per heavy atom. The molecule has 196 valence electrons. The average Bonchev–Trinajstić information content (AvgIpc) is 3.34. The van der Waals surface area contributed by atoms with Crippen LogP contribution in [-0.4, -0.2) is 40.7 Å². The number of thiazole rings is 1. The molecule has 1 saturated heterocycles. The molecular weight excluding hydrogens is 505 g/mol. The third-order valence-corrected chi connectivity index (χ3v) is 7.89. The molecule has 3 heterocycles. The van der Waals surface area contributed by atoms with Gasteiger partial charge in [0.15, 0.2) is 0 Å². The summed E-state index contributed by atoms with van der Waals surface area (Å²) in [5, 5.41) is 3.56. The van der Waals surface area contributed by atoms with Crippen molar-refractivity contribution in [1.82, 2.24) is 20.3 Å². The molecule has 11 heteroatoms. The zero-order valence-corrected chi connectivity index (χ0v) is 20.9. The number of aromatic nitrogens is 3. The van der Waals surface area contributed by atoms with E-state index in [0.29, 0.717) is 35.3 Å². The smallest absolute Gasteiger partial charge is 0.451 e. The molecule has 1 aliphatic carbocycles. The van der Waals surface area contributed by atoms with Crippen LogP contribution in [0.1, 0.15) is 64.6 Å². The summed E-state index contributed by atoms with van der Waals surface area (Å²) >= 11 is 1.64. The molecule has 7 nitrogen and oxygen atoms in total. The van der Waals surface area contributed by atoms with E-state index in [-0.39, 0.29) is 12.5 Å². The Kier molecular flexibility index (Phi) is 7.71. The van der Waals surface area contributed by atoms with Crippen molar-refractivity contribution in [2.45, 2.75) is 50.7 Å². The van der Waals surface area contributed by atoms with Crippen LogP contribution in [0, 0.1) is 5.92 Å².